The van der Waals surface area contributed by atoms with Crippen molar-refractivity contribution in [3.63, 3.8) is 0 Å². The Morgan fingerprint density at radius 3 is 2.16 bits per heavy atom. The standard InChI is InChI=1S/C18H31N3O3S/c1-19-18(20-9-6-7-11-25-5)21-10-8-15-16(23-3)12-14(22-2)13-17(15)24-4/h12-13H,6-11H2,1-5H3,(H2,19,20,21). The predicted octanol–water partition coefficient (Wildman–Crippen LogP) is 2.56. The molecule has 0 aromatic heterocycles. The molecule has 0 aliphatic rings. The van der Waals surface area contributed by atoms with Gasteiger partial charge in [-0.25, -0.2) is 0 Å². The van der Waals surface area contributed by atoms with Crippen LogP contribution in [0, 0.1) is 0 Å². The summed E-state index contributed by atoms with van der Waals surface area (Å²) in [7, 11) is 6.72. The van der Waals surface area contributed by atoms with Crippen molar-refractivity contribution < 1.29 is 14.2 Å². The largest absolute Gasteiger partial charge is 0.496 e. The van der Waals surface area contributed by atoms with Crippen LogP contribution >= 0.6 is 11.8 Å². The molecule has 0 aliphatic carbocycles. The zero-order valence-corrected chi connectivity index (χ0v) is 16.8. The number of hydrogen-bond acceptors (Lipinski definition) is 5. The van der Waals surface area contributed by atoms with Gasteiger partial charge < -0.3 is 24.8 Å². The predicted molar refractivity (Wildman–Crippen MR) is 107 cm³/mol. The monoisotopic (exact) mass is 369 g/mol. The fourth-order valence-corrected chi connectivity index (χ4v) is 2.92. The van der Waals surface area contributed by atoms with Crippen molar-refractivity contribution in [2.45, 2.75) is 19.3 Å². The van der Waals surface area contributed by atoms with E-state index in [1.165, 1.54) is 12.2 Å². The molecule has 0 saturated carbocycles. The summed E-state index contributed by atoms with van der Waals surface area (Å²) in [4.78, 5) is 4.26. The molecule has 0 unspecified atom stereocenters. The topological polar surface area (TPSA) is 64.1 Å². The van der Waals surface area contributed by atoms with Crippen molar-refractivity contribution in [1.29, 1.82) is 0 Å². The molecule has 0 bridgehead atoms. The summed E-state index contributed by atoms with van der Waals surface area (Å²) in [6.07, 6.45) is 5.24. The third-order valence-electron chi connectivity index (χ3n) is 3.78. The van der Waals surface area contributed by atoms with Crippen LogP contribution in [0.1, 0.15) is 18.4 Å². The molecule has 142 valence electrons. The van der Waals surface area contributed by atoms with E-state index in [9.17, 15) is 0 Å². The quantitative estimate of drug-likeness (QED) is 0.355. The highest BCUT2D eigenvalue weighted by Crippen LogP contribution is 2.34. The summed E-state index contributed by atoms with van der Waals surface area (Å²) in [6.45, 7) is 1.65. The minimum atomic E-state index is 0.716. The number of nitrogens with zero attached hydrogens (tertiary/aromatic N) is 1. The summed E-state index contributed by atoms with van der Waals surface area (Å²) in [5.41, 5.74) is 1.01. The van der Waals surface area contributed by atoms with Gasteiger partial charge in [0.1, 0.15) is 17.2 Å². The molecule has 0 fully saturated rings. The van der Waals surface area contributed by atoms with E-state index in [4.69, 9.17) is 14.2 Å². The van der Waals surface area contributed by atoms with Gasteiger partial charge in [0.05, 0.1) is 21.3 Å². The molecule has 0 radical (unpaired) electrons. The maximum Gasteiger partial charge on any atom is 0.190 e. The van der Waals surface area contributed by atoms with E-state index in [0.29, 0.717) is 5.75 Å². The summed E-state index contributed by atoms with van der Waals surface area (Å²) in [5.74, 6) is 4.25. The van der Waals surface area contributed by atoms with Gasteiger partial charge >= 0.3 is 0 Å². The van der Waals surface area contributed by atoms with Crippen molar-refractivity contribution in [1.82, 2.24) is 10.6 Å². The lowest BCUT2D eigenvalue weighted by molar-refractivity contribution is 0.368. The second kappa shape index (κ2) is 12.6. The summed E-state index contributed by atoms with van der Waals surface area (Å²) in [5, 5.41) is 6.67. The number of hydrogen-bond donors (Lipinski definition) is 2. The van der Waals surface area contributed by atoms with Crippen molar-refractivity contribution in [2.75, 3.05) is 53.5 Å². The molecule has 1 rings (SSSR count). The smallest absolute Gasteiger partial charge is 0.190 e. The fraction of sp³-hybridized carbons (Fsp3) is 0.611. The Morgan fingerprint density at radius 1 is 1.00 bits per heavy atom. The number of guanidine groups is 1. The van der Waals surface area contributed by atoms with Gasteiger partial charge in [0.25, 0.3) is 0 Å². The highest BCUT2D eigenvalue weighted by Gasteiger charge is 2.13. The van der Waals surface area contributed by atoms with Crippen LogP contribution in [0.4, 0.5) is 0 Å². The average Bonchev–Trinajstić information content (AvgIpc) is 2.65. The van der Waals surface area contributed by atoms with Crippen molar-refractivity contribution in [2.24, 2.45) is 4.99 Å². The first kappa shape index (κ1) is 21.3. The molecule has 0 heterocycles. The molecule has 0 saturated heterocycles. The highest BCUT2D eigenvalue weighted by atomic mass is 32.2. The Balaban J connectivity index is 2.56. The zero-order valence-electron chi connectivity index (χ0n) is 16.0. The van der Waals surface area contributed by atoms with E-state index in [1.807, 2.05) is 23.9 Å². The van der Waals surface area contributed by atoms with Crippen molar-refractivity contribution in [3.05, 3.63) is 17.7 Å². The SMILES string of the molecule is CN=C(NCCCCSC)NCCc1c(OC)cc(OC)cc1OC. The molecule has 0 amide bonds. The minimum Gasteiger partial charge on any atom is -0.496 e. The van der Waals surface area contributed by atoms with Crippen LogP contribution in [0.2, 0.25) is 0 Å². The minimum absolute atomic E-state index is 0.716. The lowest BCUT2D eigenvalue weighted by Crippen LogP contribution is -2.38. The summed E-state index contributed by atoms with van der Waals surface area (Å²) < 4.78 is 16.2. The zero-order chi connectivity index (χ0) is 18.5. The molecule has 0 spiro atoms. The summed E-state index contributed by atoms with van der Waals surface area (Å²) >= 11 is 1.88. The van der Waals surface area contributed by atoms with E-state index < -0.39 is 0 Å². The molecule has 0 aliphatic heterocycles. The molecule has 7 heteroatoms. The van der Waals surface area contributed by atoms with Crippen LogP contribution in [0.5, 0.6) is 17.2 Å². The van der Waals surface area contributed by atoms with Crippen molar-refractivity contribution >= 4 is 17.7 Å². The number of methoxy groups -OCH3 is 3. The second-order valence-corrected chi connectivity index (χ2v) is 6.37. The van der Waals surface area contributed by atoms with Crippen LogP contribution < -0.4 is 24.8 Å². The van der Waals surface area contributed by atoms with E-state index in [-0.39, 0.29) is 0 Å². The van der Waals surface area contributed by atoms with Gasteiger partial charge in [0, 0.05) is 37.8 Å². The van der Waals surface area contributed by atoms with Crippen LogP contribution in [0.25, 0.3) is 0 Å². The Bertz CT molecular complexity index is 513. The lowest BCUT2D eigenvalue weighted by Gasteiger charge is -2.16. The lowest BCUT2D eigenvalue weighted by atomic mass is 10.1. The van der Waals surface area contributed by atoms with Gasteiger partial charge in [-0.15, -0.1) is 0 Å². The molecule has 25 heavy (non-hydrogen) atoms. The Morgan fingerprint density at radius 2 is 1.64 bits per heavy atom. The van der Waals surface area contributed by atoms with Gasteiger partial charge in [-0.3, -0.25) is 4.99 Å². The number of thioether (sulfide) groups is 1. The molecule has 1 aromatic carbocycles. The van der Waals surface area contributed by atoms with Gasteiger partial charge in [0.2, 0.25) is 0 Å². The third-order valence-corrected chi connectivity index (χ3v) is 4.47. The first-order valence-corrected chi connectivity index (χ1v) is 9.81. The van der Waals surface area contributed by atoms with Gasteiger partial charge in [-0.05, 0) is 31.3 Å². The van der Waals surface area contributed by atoms with Gasteiger partial charge in [-0.1, -0.05) is 0 Å². The van der Waals surface area contributed by atoms with E-state index >= 15 is 0 Å². The summed E-state index contributed by atoms with van der Waals surface area (Å²) in [6, 6.07) is 3.74. The van der Waals surface area contributed by atoms with Crippen molar-refractivity contribution in [3.8, 4) is 17.2 Å². The fourth-order valence-electron chi connectivity index (χ4n) is 2.43. The maximum atomic E-state index is 5.48. The van der Waals surface area contributed by atoms with E-state index in [0.717, 1.165) is 49.0 Å². The van der Waals surface area contributed by atoms with Gasteiger partial charge in [-0.2, -0.15) is 11.8 Å². The van der Waals surface area contributed by atoms with Gasteiger partial charge in [0.15, 0.2) is 5.96 Å². The molecule has 2 N–H and O–H groups in total. The van der Waals surface area contributed by atoms with Crippen LogP contribution in [-0.4, -0.2) is 59.4 Å². The number of nitrogens with one attached hydrogen (secondary N) is 2. The molecule has 0 atom stereocenters. The molecule has 1 aromatic rings. The first-order chi connectivity index (χ1) is 12.2. The molecule has 6 nitrogen and oxygen atoms in total. The van der Waals surface area contributed by atoms with E-state index in [2.05, 4.69) is 21.9 Å². The Hall–Kier alpha value is -1.76. The molecular formula is C18H31N3O3S. The average molecular weight is 370 g/mol. The van der Waals surface area contributed by atoms with Crippen LogP contribution in [-0.2, 0) is 6.42 Å². The second-order valence-electron chi connectivity index (χ2n) is 5.39. The number of aliphatic imine (C=N–C) groups is 1. The third kappa shape index (κ3) is 7.34. The van der Waals surface area contributed by atoms with E-state index in [1.54, 1.807) is 28.4 Å². The Kier molecular flexibility index (Phi) is 10.7. The molecular weight excluding hydrogens is 338 g/mol. The van der Waals surface area contributed by atoms with Crippen LogP contribution in [0.15, 0.2) is 17.1 Å². The normalized spacial score (nSPS) is 11.2. The highest BCUT2D eigenvalue weighted by molar-refractivity contribution is 7.98. The number of unbranched alkanes of at least 4 members (excludes halogenated alkanes) is 1. The number of benzene rings is 1. The number of ether oxygens (including phenoxy) is 3. The Labute approximate surface area is 155 Å². The maximum absolute atomic E-state index is 5.48. The first-order valence-electron chi connectivity index (χ1n) is 8.42. The number of rotatable bonds is 11. The van der Waals surface area contributed by atoms with Crippen LogP contribution in [0.3, 0.4) is 0 Å².